The smallest absolute Gasteiger partial charge is 0.287 e. The second-order valence-corrected chi connectivity index (χ2v) is 15.4. The normalized spacial score (nSPS) is 16.8. The molecule has 13 heteroatoms. The number of hydrazine groups is 1. The third-order valence-corrected chi connectivity index (χ3v) is 10.4. The average molecular weight is 775 g/mol. The van der Waals surface area contributed by atoms with Crippen molar-refractivity contribution in [2.24, 2.45) is 11.7 Å². The number of fused-ring (bicyclic) bond motifs is 1. The van der Waals surface area contributed by atoms with Crippen LogP contribution in [0.25, 0.3) is 10.8 Å². The molecule has 4 aromatic rings. The van der Waals surface area contributed by atoms with E-state index in [9.17, 15) is 24.3 Å². The number of hydrogen-bond donors (Lipinski definition) is 5. The molecule has 1 saturated heterocycles. The van der Waals surface area contributed by atoms with Crippen LogP contribution in [0.1, 0.15) is 56.0 Å². The molecule has 1 unspecified atom stereocenters. The Bertz CT molecular complexity index is 2090. The number of carbonyl (C=O) groups excluding carboxylic acids is 4. The van der Waals surface area contributed by atoms with E-state index in [1.54, 1.807) is 48.5 Å². The monoisotopic (exact) mass is 774 g/mol. The number of nitrogens with two attached hydrogens (primary N) is 1. The summed E-state index contributed by atoms with van der Waals surface area (Å²) in [6.45, 7) is 10.0. The van der Waals surface area contributed by atoms with Crippen molar-refractivity contribution in [2.75, 3.05) is 42.6 Å². The van der Waals surface area contributed by atoms with Crippen molar-refractivity contribution >= 4 is 45.8 Å². The van der Waals surface area contributed by atoms with Gasteiger partial charge in [-0.25, -0.2) is 5.01 Å². The molecule has 0 radical (unpaired) electrons. The predicted octanol–water partition coefficient (Wildman–Crippen LogP) is 4.23. The summed E-state index contributed by atoms with van der Waals surface area (Å²) in [5.41, 5.74) is 10.5. The number of rotatable bonds is 14. The largest absolute Gasteiger partial charge is 0.369 e. The van der Waals surface area contributed by atoms with Crippen molar-refractivity contribution in [3.05, 3.63) is 120 Å². The zero-order valence-corrected chi connectivity index (χ0v) is 33.2. The maximum Gasteiger partial charge on any atom is 0.287 e. The van der Waals surface area contributed by atoms with Gasteiger partial charge in [0.2, 0.25) is 17.5 Å². The highest BCUT2D eigenvalue weighted by Gasteiger charge is 2.41. The van der Waals surface area contributed by atoms with Gasteiger partial charge in [-0.1, -0.05) is 80.6 Å². The fourth-order valence-corrected chi connectivity index (χ4v) is 7.17. The summed E-state index contributed by atoms with van der Waals surface area (Å²) in [5, 5.41) is 21.3. The topological polar surface area (TPSA) is 164 Å². The van der Waals surface area contributed by atoms with Gasteiger partial charge in [-0.15, -0.1) is 0 Å². The molecule has 300 valence electrons. The third-order valence-electron chi connectivity index (χ3n) is 10.4. The minimum atomic E-state index is -2.30. The molecule has 2 aliphatic heterocycles. The number of piperazine rings is 1. The van der Waals surface area contributed by atoms with Crippen molar-refractivity contribution in [2.45, 2.75) is 64.8 Å². The van der Waals surface area contributed by atoms with Crippen molar-refractivity contribution in [1.29, 1.82) is 0 Å². The third kappa shape index (κ3) is 9.98. The van der Waals surface area contributed by atoms with Crippen LogP contribution in [0.3, 0.4) is 0 Å². The lowest BCUT2D eigenvalue weighted by atomic mass is 9.98. The number of aliphatic hydroxyl groups is 1. The van der Waals surface area contributed by atoms with E-state index in [1.807, 2.05) is 80.3 Å². The maximum atomic E-state index is 14.5. The Labute approximate surface area is 334 Å². The maximum absolute atomic E-state index is 14.5. The number of benzene rings is 4. The van der Waals surface area contributed by atoms with Crippen LogP contribution in [0.5, 0.6) is 0 Å². The standard InChI is InChI=1S/C44H54N8O5/c1-30(2)20-21-44(57,43(56)48-51-24-22-49(23-25-51)35-17-10-12-31(3)26-35)47-41(54)38(46-40(53)34-14-6-5-7-15-34)27-36-28-50(42(55)32(4)45)29-52(36)39-19-11-16-33-13-8-9-18-37(33)39/h5-19,26,28,30,32,38,57H,20-25,27,29,45H2,1-4H3,(H,46,53)(H,47,54)(H,48,56)/t32-,38?,44-/m0/s1. The number of aryl methyl sites for hydroxylation is 1. The Kier molecular flexibility index (Phi) is 12.9. The Morgan fingerprint density at radius 2 is 1.54 bits per heavy atom. The van der Waals surface area contributed by atoms with Crippen LogP contribution in [-0.4, -0.2) is 89.3 Å². The van der Waals surface area contributed by atoms with E-state index >= 15 is 0 Å². The molecule has 4 aromatic carbocycles. The van der Waals surface area contributed by atoms with E-state index in [0.29, 0.717) is 43.9 Å². The first-order chi connectivity index (χ1) is 27.3. The van der Waals surface area contributed by atoms with Crippen LogP contribution in [0.4, 0.5) is 11.4 Å². The van der Waals surface area contributed by atoms with Gasteiger partial charge in [0, 0.05) is 67.6 Å². The fraction of sp³-hybridized carbons (Fsp3) is 0.364. The average Bonchev–Trinajstić information content (AvgIpc) is 3.63. The van der Waals surface area contributed by atoms with E-state index in [-0.39, 0.29) is 31.3 Å². The van der Waals surface area contributed by atoms with E-state index in [2.05, 4.69) is 33.1 Å². The zero-order chi connectivity index (χ0) is 40.7. The van der Waals surface area contributed by atoms with Crippen LogP contribution in [-0.2, 0) is 14.4 Å². The first kappa shape index (κ1) is 40.9. The SMILES string of the molecule is Cc1cccc(N2CCN(NC(=O)[C@@](O)(CCC(C)C)NC(=O)C(CC3=CN(C(=O)[C@H](C)N)CN3c3cccc4ccccc34)NC(=O)c3ccccc3)CC2)c1. The summed E-state index contributed by atoms with van der Waals surface area (Å²) in [4.78, 5) is 61.2. The molecule has 6 rings (SSSR count). The van der Waals surface area contributed by atoms with Gasteiger partial charge in [0.05, 0.1) is 11.7 Å². The molecule has 2 aliphatic rings. The first-order valence-electron chi connectivity index (χ1n) is 19.6. The van der Waals surface area contributed by atoms with Gasteiger partial charge in [0.15, 0.2) is 0 Å². The minimum absolute atomic E-state index is 0.0632. The molecule has 0 aliphatic carbocycles. The second-order valence-electron chi connectivity index (χ2n) is 15.4. The molecular weight excluding hydrogens is 721 g/mol. The number of hydrogen-bond acceptors (Lipinski definition) is 9. The van der Waals surface area contributed by atoms with E-state index in [4.69, 9.17) is 5.73 Å². The summed E-state index contributed by atoms with van der Waals surface area (Å²) < 4.78 is 0. The molecule has 2 heterocycles. The highest BCUT2D eigenvalue weighted by atomic mass is 16.3. The van der Waals surface area contributed by atoms with Gasteiger partial charge >= 0.3 is 0 Å². The van der Waals surface area contributed by atoms with E-state index in [0.717, 1.165) is 27.7 Å². The second kappa shape index (κ2) is 18.0. The zero-order valence-electron chi connectivity index (χ0n) is 33.2. The van der Waals surface area contributed by atoms with Gasteiger partial charge in [-0.2, -0.15) is 0 Å². The molecule has 6 N–H and O–H groups in total. The van der Waals surface area contributed by atoms with Crippen molar-refractivity contribution in [3.63, 3.8) is 0 Å². The molecule has 0 aromatic heterocycles. The van der Waals surface area contributed by atoms with Crippen molar-refractivity contribution in [3.8, 4) is 0 Å². The molecule has 4 amide bonds. The molecular formula is C44H54N8O5. The Morgan fingerprint density at radius 3 is 2.25 bits per heavy atom. The van der Waals surface area contributed by atoms with Crippen LogP contribution < -0.4 is 31.6 Å². The first-order valence-corrected chi connectivity index (χ1v) is 19.6. The van der Waals surface area contributed by atoms with Gasteiger partial charge < -0.3 is 31.3 Å². The van der Waals surface area contributed by atoms with Crippen molar-refractivity contribution < 1.29 is 24.3 Å². The quantitative estimate of drug-likeness (QED) is 0.118. The van der Waals surface area contributed by atoms with Gasteiger partial charge in [-0.05, 0) is 67.5 Å². The predicted molar refractivity (Wildman–Crippen MR) is 222 cm³/mol. The summed E-state index contributed by atoms with van der Waals surface area (Å²) in [5.74, 6) is -2.25. The summed E-state index contributed by atoms with van der Waals surface area (Å²) >= 11 is 0. The van der Waals surface area contributed by atoms with Crippen molar-refractivity contribution in [1.82, 2.24) is 26.0 Å². The number of nitrogens with one attached hydrogen (secondary N) is 3. The summed E-state index contributed by atoms with van der Waals surface area (Å²) in [6.07, 6.45) is 1.93. The number of nitrogens with zero attached hydrogens (tertiary/aromatic N) is 4. The van der Waals surface area contributed by atoms with E-state index < -0.39 is 35.5 Å². The molecule has 0 bridgehead atoms. The highest BCUT2D eigenvalue weighted by molar-refractivity contribution is 5.99. The Balaban J connectivity index is 1.27. The van der Waals surface area contributed by atoms with Crippen LogP contribution in [0.15, 0.2) is 109 Å². The molecule has 1 fully saturated rings. The molecule has 0 spiro atoms. The molecule has 57 heavy (non-hydrogen) atoms. The van der Waals surface area contributed by atoms with Gasteiger partial charge in [0.1, 0.15) is 12.7 Å². The summed E-state index contributed by atoms with van der Waals surface area (Å²) in [6, 6.07) is 28.4. The van der Waals surface area contributed by atoms with E-state index in [1.165, 1.54) is 4.90 Å². The molecule has 0 saturated carbocycles. The Morgan fingerprint density at radius 1 is 0.860 bits per heavy atom. The number of amides is 4. The number of anilines is 2. The Hall–Kier alpha value is -5.76. The lowest BCUT2D eigenvalue weighted by Crippen LogP contribution is -2.65. The minimum Gasteiger partial charge on any atom is -0.369 e. The van der Waals surface area contributed by atoms with Gasteiger partial charge in [0.25, 0.3) is 11.8 Å². The van der Waals surface area contributed by atoms with Crippen LogP contribution in [0.2, 0.25) is 0 Å². The lowest BCUT2D eigenvalue weighted by molar-refractivity contribution is -0.155. The highest BCUT2D eigenvalue weighted by Crippen LogP contribution is 2.34. The molecule has 3 atom stereocenters. The summed E-state index contributed by atoms with van der Waals surface area (Å²) in [7, 11) is 0. The van der Waals surface area contributed by atoms with Crippen LogP contribution in [0, 0.1) is 12.8 Å². The lowest BCUT2D eigenvalue weighted by Gasteiger charge is -2.38. The number of carbonyl (C=O) groups is 4. The molecule has 13 nitrogen and oxygen atoms in total. The van der Waals surface area contributed by atoms with Crippen LogP contribution >= 0.6 is 0 Å². The fourth-order valence-electron chi connectivity index (χ4n) is 7.17. The van der Waals surface area contributed by atoms with Gasteiger partial charge in [-0.3, -0.25) is 29.5 Å².